The number of hydrogen-bond acceptors (Lipinski definition) is 3. The predicted molar refractivity (Wildman–Crippen MR) is 73.6 cm³/mol. The minimum atomic E-state index is -0.209. The highest BCUT2D eigenvalue weighted by Gasteiger charge is 2.58. The summed E-state index contributed by atoms with van der Waals surface area (Å²) in [4.78, 5) is 23.8. The molecule has 19 heavy (non-hydrogen) atoms. The second-order valence-corrected chi connectivity index (χ2v) is 6.77. The number of fused-ring (bicyclic) bond motifs is 1. The number of esters is 1. The summed E-state index contributed by atoms with van der Waals surface area (Å²) in [6.45, 7) is 8.29. The number of allylic oxidation sites excluding steroid dienone is 1. The second kappa shape index (κ2) is 4.77. The van der Waals surface area contributed by atoms with E-state index in [1.807, 2.05) is 0 Å². The minimum absolute atomic E-state index is 0.0375. The molecule has 0 heterocycles. The zero-order valence-electron chi connectivity index (χ0n) is 12.3. The summed E-state index contributed by atoms with van der Waals surface area (Å²) in [5, 5.41) is 0. The Bertz CT molecular complexity index is 426. The molecule has 3 atom stereocenters. The lowest BCUT2D eigenvalue weighted by Crippen LogP contribution is -2.43. The van der Waals surface area contributed by atoms with Crippen molar-refractivity contribution in [3.8, 4) is 0 Å². The molecule has 0 aromatic carbocycles. The fraction of sp³-hybridized carbons (Fsp3) is 0.750. The van der Waals surface area contributed by atoms with Crippen molar-refractivity contribution in [1.29, 1.82) is 0 Å². The van der Waals surface area contributed by atoms with Crippen LogP contribution in [0.25, 0.3) is 0 Å². The van der Waals surface area contributed by atoms with E-state index in [4.69, 9.17) is 4.74 Å². The molecule has 0 bridgehead atoms. The van der Waals surface area contributed by atoms with Gasteiger partial charge in [-0.15, -0.1) is 0 Å². The van der Waals surface area contributed by atoms with Crippen LogP contribution in [0.5, 0.6) is 0 Å². The number of ether oxygens (including phenoxy) is 1. The van der Waals surface area contributed by atoms with Crippen molar-refractivity contribution < 1.29 is 14.3 Å². The number of carbonyl (C=O) groups is 2. The van der Waals surface area contributed by atoms with E-state index >= 15 is 0 Å². The highest BCUT2D eigenvalue weighted by molar-refractivity contribution is 5.84. The summed E-state index contributed by atoms with van der Waals surface area (Å²) in [6, 6.07) is 0. The molecule has 0 saturated heterocycles. The van der Waals surface area contributed by atoms with E-state index in [1.54, 1.807) is 0 Å². The lowest BCUT2D eigenvalue weighted by molar-refractivity contribution is -0.147. The first-order valence-corrected chi connectivity index (χ1v) is 7.06. The van der Waals surface area contributed by atoms with E-state index in [9.17, 15) is 9.59 Å². The summed E-state index contributed by atoms with van der Waals surface area (Å²) in [6.07, 6.45) is 4.51. The molecule has 3 nitrogen and oxygen atoms in total. The monoisotopic (exact) mass is 264 g/mol. The average Bonchev–Trinajstić information content (AvgIpc) is 2.57. The molecule has 0 aromatic heterocycles. The van der Waals surface area contributed by atoms with Crippen molar-refractivity contribution in [2.45, 2.75) is 52.4 Å². The Morgan fingerprint density at radius 3 is 2.74 bits per heavy atom. The van der Waals surface area contributed by atoms with E-state index in [2.05, 4.69) is 20.4 Å². The van der Waals surface area contributed by atoms with Gasteiger partial charge in [0.2, 0.25) is 0 Å². The first kappa shape index (κ1) is 14.3. The molecule has 0 unspecified atom stereocenters. The molecular weight excluding hydrogens is 240 g/mol. The third kappa shape index (κ3) is 2.35. The standard InChI is InChI=1S/C16H24O3/c1-11(2)12-5-6-15(3)8-13(17)9-16(15,7-12)10-14(18)19-4/h12H,1,5-10H2,2-4H3/t12-,15+,16-/m1/s1. The first-order chi connectivity index (χ1) is 8.82. The molecule has 2 rings (SSSR count). The Morgan fingerprint density at radius 1 is 1.47 bits per heavy atom. The lowest BCUT2D eigenvalue weighted by atomic mass is 9.54. The van der Waals surface area contributed by atoms with E-state index in [-0.39, 0.29) is 16.8 Å². The molecule has 0 spiro atoms. The zero-order chi connectivity index (χ0) is 14.3. The van der Waals surface area contributed by atoms with Gasteiger partial charge in [0.15, 0.2) is 0 Å². The minimum Gasteiger partial charge on any atom is -0.469 e. The van der Waals surface area contributed by atoms with Gasteiger partial charge in [0.1, 0.15) is 5.78 Å². The molecule has 2 saturated carbocycles. The highest BCUT2D eigenvalue weighted by atomic mass is 16.5. The topological polar surface area (TPSA) is 43.4 Å². The van der Waals surface area contributed by atoms with Gasteiger partial charge in [0.05, 0.1) is 13.5 Å². The predicted octanol–water partition coefficient (Wildman–Crippen LogP) is 3.28. The van der Waals surface area contributed by atoms with Crippen molar-refractivity contribution in [3.63, 3.8) is 0 Å². The molecule has 0 aromatic rings. The quantitative estimate of drug-likeness (QED) is 0.580. The first-order valence-electron chi connectivity index (χ1n) is 7.06. The van der Waals surface area contributed by atoms with Crippen molar-refractivity contribution in [2.24, 2.45) is 16.7 Å². The van der Waals surface area contributed by atoms with Gasteiger partial charge >= 0.3 is 5.97 Å². The third-order valence-corrected chi connectivity index (χ3v) is 5.49. The second-order valence-electron chi connectivity index (χ2n) is 6.77. The number of hydrogen-bond donors (Lipinski definition) is 0. The molecule has 2 fully saturated rings. The number of methoxy groups -OCH3 is 1. The number of rotatable bonds is 3. The van der Waals surface area contributed by atoms with E-state index < -0.39 is 0 Å². The van der Waals surface area contributed by atoms with Crippen LogP contribution in [0, 0.1) is 16.7 Å². The molecule has 3 heteroatoms. The maximum atomic E-state index is 12.0. The van der Waals surface area contributed by atoms with Crippen molar-refractivity contribution in [1.82, 2.24) is 0 Å². The maximum Gasteiger partial charge on any atom is 0.306 e. The highest BCUT2D eigenvalue weighted by Crippen LogP contribution is 2.63. The van der Waals surface area contributed by atoms with E-state index in [0.29, 0.717) is 31.0 Å². The van der Waals surface area contributed by atoms with Crippen molar-refractivity contribution in [2.75, 3.05) is 7.11 Å². The molecular formula is C16H24O3. The van der Waals surface area contributed by atoms with Crippen LogP contribution in [0.3, 0.4) is 0 Å². The van der Waals surface area contributed by atoms with Crippen LogP contribution in [0.4, 0.5) is 0 Å². The summed E-state index contributed by atoms with van der Waals surface area (Å²) < 4.78 is 4.86. The van der Waals surface area contributed by atoms with Crippen molar-refractivity contribution in [3.05, 3.63) is 12.2 Å². The molecule has 2 aliphatic rings. The Labute approximate surface area is 115 Å². The summed E-state index contributed by atoms with van der Waals surface area (Å²) >= 11 is 0. The third-order valence-electron chi connectivity index (χ3n) is 5.49. The maximum absolute atomic E-state index is 12.0. The van der Waals surface area contributed by atoms with Gasteiger partial charge in [-0.25, -0.2) is 0 Å². The lowest BCUT2D eigenvalue weighted by Gasteiger charge is -2.49. The van der Waals surface area contributed by atoms with Crippen molar-refractivity contribution >= 4 is 11.8 Å². The zero-order valence-corrected chi connectivity index (χ0v) is 12.3. The van der Waals surface area contributed by atoms with E-state index in [1.165, 1.54) is 12.7 Å². The SMILES string of the molecule is C=C(C)[C@@H]1CC[C@@]2(C)CC(=O)C[C@@]2(CC(=O)OC)C1. The summed E-state index contributed by atoms with van der Waals surface area (Å²) in [5.74, 6) is 0.542. The van der Waals surface area contributed by atoms with Gasteiger partial charge in [-0.05, 0) is 42.9 Å². The Hall–Kier alpha value is -1.12. The Balaban J connectivity index is 2.32. The smallest absolute Gasteiger partial charge is 0.306 e. The van der Waals surface area contributed by atoms with Gasteiger partial charge in [0.25, 0.3) is 0 Å². The fourth-order valence-electron chi connectivity index (χ4n) is 4.13. The van der Waals surface area contributed by atoms with Gasteiger partial charge in [-0.2, -0.15) is 0 Å². The number of ketones is 1. The molecule has 0 aliphatic heterocycles. The van der Waals surface area contributed by atoms with Crippen LogP contribution in [-0.4, -0.2) is 18.9 Å². The van der Waals surface area contributed by atoms with E-state index in [0.717, 1.165) is 19.3 Å². The molecule has 0 N–H and O–H groups in total. The number of carbonyl (C=O) groups excluding carboxylic acids is 2. The Morgan fingerprint density at radius 2 is 2.16 bits per heavy atom. The largest absolute Gasteiger partial charge is 0.469 e. The number of Topliss-reactive ketones (excluding diaryl/α,β-unsaturated/α-hetero) is 1. The Kier molecular flexibility index (Phi) is 3.59. The molecule has 0 radical (unpaired) electrons. The van der Waals surface area contributed by atoms with Gasteiger partial charge in [0, 0.05) is 12.8 Å². The van der Waals surface area contributed by atoms with Crippen LogP contribution >= 0.6 is 0 Å². The van der Waals surface area contributed by atoms with Crippen LogP contribution in [0.2, 0.25) is 0 Å². The summed E-state index contributed by atoms with van der Waals surface area (Å²) in [7, 11) is 1.42. The molecule has 106 valence electrons. The summed E-state index contributed by atoms with van der Waals surface area (Å²) in [5.41, 5.74) is 0.925. The van der Waals surface area contributed by atoms with Crippen LogP contribution in [-0.2, 0) is 14.3 Å². The van der Waals surface area contributed by atoms with Gasteiger partial charge < -0.3 is 4.74 Å². The molecule has 0 amide bonds. The molecule has 2 aliphatic carbocycles. The fourth-order valence-corrected chi connectivity index (χ4v) is 4.13. The van der Waals surface area contributed by atoms with Crippen LogP contribution in [0.1, 0.15) is 52.4 Å². The van der Waals surface area contributed by atoms with Gasteiger partial charge in [-0.1, -0.05) is 19.1 Å². The normalized spacial score (nSPS) is 37.8. The average molecular weight is 264 g/mol. The van der Waals surface area contributed by atoms with Gasteiger partial charge in [-0.3, -0.25) is 9.59 Å². The van der Waals surface area contributed by atoms with Crippen LogP contribution in [0.15, 0.2) is 12.2 Å². The van der Waals surface area contributed by atoms with Crippen LogP contribution < -0.4 is 0 Å².